The van der Waals surface area contributed by atoms with E-state index in [1.54, 1.807) is 0 Å². The zero-order valence-corrected chi connectivity index (χ0v) is 15.7. The van der Waals surface area contributed by atoms with E-state index in [1.165, 1.54) is 0 Å². The Morgan fingerprint density at radius 2 is 1.12 bits per heavy atom. The highest BCUT2D eigenvalue weighted by Crippen LogP contribution is 2.01. The van der Waals surface area contributed by atoms with Crippen LogP contribution in [-0.4, -0.2) is 62.9 Å². The summed E-state index contributed by atoms with van der Waals surface area (Å²) in [6.07, 6.45) is 0.385. The first-order chi connectivity index (χ1) is 12.1. The first-order valence-corrected chi connectivity index (χ1v) is 8.54. The summed E-state index contributed by atoms with van der Waals surface area (Å²) in [6, 6.07) is 6.91. The molecule has 0 aliphatic heterocycles. The monoisotopic (exact) mass is 407 g/mol. The van der Waals surface area contributed by atoms with Gasteiger partial charge in [0.25, 0.3) is 0 Å². The third-order valence-electron chi connectivity index (χ3n) is 2.64. The average Bonchev–Trinajstić information content (AvgIpc) is 2.61. The van der Waals surface area contributed by atoms with Crippen LogP contribution < -0.4 is 17.2 Å². The molecule has 0 spiro atoms. The van der Waals surface area contributed by atoms with Gasteiger partial charge in [0.15, 0.2) is 0 Å². The molecule has 148 valence electrons. The predicted octanol–water partition coefficient (Wildman–Crippen LogP) is -0.703. The quantitative estimate of drug-likeness (QED) is 0.270. The molecule has 0 saturated heterocycles. The molecule has 0 radical (unpaired) electrons. The van der Waals surface area contributed by atoms with Gasteiger partial charge >= 0.3 is 17.9 Å². The van der Waals surface area contributed by atoms with Crippen molar-refractivity contribution in [3.63, 3.8) is 0 Å². The summed E-state index contributed by atoms with van der Waals surface area (Å²) in [5.41, 5.74) is 16.2. The summed E-state index contributed by atoms with van der Waals surface area (Å²) < 4.78 is 0. The molecule has 1 rings (SSSR count). The Kier molecular flexibility index (Phi) is 15.7. The summed E-state index contributed by atoms with van der Waals surface area (Å²) >= 11 is 7.30. The minimum absolute atomic E-state index is 0.190. The number of hydrogen-bond acceptors (Lipinski definition) is 8. The third-order valence-corrected chi connectivity index (χ3v) is 3.43. The Morgan fingerprint density at radius 1 is 0.769 bits per heavy atom. The van der Waals surface area contributed by atoms with Gasteiger partial charge in [-0.1, -0.05) is 30.3 Å². The van der Waals surface area contributed by atoms with E-state index in [4.69, 9.17) is 32.5 Å². The van der Waals surface area contributed by atoms with Crippen molar-refractivity contribution in [1.82, 2.24) is 0 Å². The third kappa shape index (κ3) is 14.5. The minimum Gasteiger partial charge on any atom is -0.480 e. The van der Waals surface area contributed by atoms with E-state index in [2.05, 4.69) is 25.3 Å². The van der Waals surface area contributed by atoms with Crippen LogP contribution in [-0.2, 0) is 20.8 Å². The molecular formula is C15H25N3O6S2. The first-order valence-electron chi connectivity index (χ1n) is 7.27. The molecule has 9 nitrogen and oxygen atoms in total. The Morgan fingerprint density at radius 3 is 1.35 bits per heavy atom. The fourth-order valence-electron chi connectivity index (χ4n) is 1.11. The van der Waals surface area contributed by atoms with Gasteiger partial charge < -0.3 is 32.5 Å². The smallest absolute Gasteiger partial charge is 0.321 e. The van der Waals surface area contributed by atoms with Crippen molar-refractivity contribution in [3.05, 3.63) is 35.9 Å². The topological polar surface area (TPSA) is 190 Å². The van der Waals surface area contributed by atoms with Crippen LogP contribution in [0, 0.1) is 0 Å². The number of nitrogens with two attached hydrogens (primary N) is 3. The molecule has 3 atom stereocenters. The molecule has 11 heteroatoms. The van der Waals surface area contributed by atoms with Gasteiger partial charge in [0, 0.05) is 11.5 Å². The Labute approximate surface area is 162 Å². The van der Waals surface area contributed by atoms with Crippen LogP contribution in [0.4, 0.5) is 0 Å². The van der Waals surface area contributed by atoms with Crippen LogP contribution in [0.5, 0.6) is 0 Å². The number of benzene rings is 1. The molecule has 0 amide bonds. The van der Waals surface area contributed by atoms with E-state index in [-0.39, 0.29) is 11.5 Å². The second-order valence-corrected chi connectivity index (χ2v) is 5.62. The molecule has 3 unspecified atom stereocenters. The van der Waals surface area contributed by atoms with Crippen molar-refractivity contribution < 1.29 is 29.7 Å². The molecular weight excluding hydrogens is 382 g/mol. The molecule has 9 N–H and O–H groups in total. The number of carboxylic acids is 3. The lowest BCUT2D eigenvalue weighted by atomic mass is 10.1. The molecule has 26 heavy (non-hydrogen) atoms. The number of rotatable bonds is 7. The Hall–Kier alpha value is -1.79. The fourth-order valence-corrected chi connectivity index (χ4v) is 1.42. The van der Waals surface area contributed by atoms with Gasteiger partial charge in [-0.3, -0.25) is 14.4 Å². The molecule has 0 aromatic heterocycles. The SMILES string of the molecule is NC(CS)C(=O)O.NC(CS)C(=O)O.NC(Cc1ccccc1)C(=O)O. The second-order valence-electron chi connectivity index (χ2n) is 4.89. The standard InChI is InChI=1S/C9H11NO2.2C3H7NO2S/c10-8(9(11)12)6-7-4-2-1-3-5-7;2*4-2(1-7)3(5)6/h1-5,8H,6,10H2,(H,11,12);2*2,7H,1,4H2,(H,5,6). The van der Waals surface area contributed by atoms with Gasteiger partial charge in [-0.2, -0.15) is 25.3 Å². The maximum absolute atomic E-state index is 10.4. The summed E-state index contributed by atoms with van der Waals surface area (Å²) in [5, 5.41) is 24.5. The molecule has 1 aromatic rings. The molecule has 0 saturated carbocycles. The zero-order chi connectivity index (χ0) is 20.7. The lowest BCUT2D eigenvalue weighted by Gasteiger charge is -2.04. The van der Waals surface area contributed by atoms with Crippen LogP contribution in [0.2, 0.25) is 0 Å². The average molecular weight is 408 g/mol. The lowest BCUT2D eigenvalue weighted by Crippen LogP contribution is -2.32. The van der Waals surface area contributed by atoms with E-state index in [9.17, 15) is 14.4 Å². The van der Waals surface area contributed by atoms with E-state index in [1.807, 2.05) is 30.3 Å². The maximum atomic E-state index is 10.4. The molecule has 0 heterocycles. The Balaban J connectivity index is 0. The van der Waals surface area contributed by atoms with Gasteiger partial charge in [-0.25, -0.2) is 0 Å². The molecule has 1 aromatic carbocycles. The van der Waals surface area contributed by atoms with Crippen molar-refractivity contribution >= 4 is 43.2 Å². The summed E-state index contributed by atoms with van der Waals surface area (Å²) in [7, 11) is 0. The van der Waals surface area contributed by atoms with Crippen LogP contribution in [0.1, 0.15) is 5.56 Å². The second kappa shape index (κ2) is 15.5. The van der Waals surface area contributed by atoms with Crippen LogP contribution in [0.25, 0.3) is 0 Å². The minimum atomic E-state index is -1.00. The normalized spacial score (nSPS) is 13.0. The number of carbonyl (C=O) groups is 3. The van der Waals surface area contributed by atoms with Crippen molar-refractivity contribution in [2.24, 2.45) is 17.2 Å². The molecule has 0 aliphatic carbocycles. The van der Waals surface area contributed by atoms with Crippen LogP contribution in [0.15, 0.2) is 30.3 Å². The zero-order valence-electron chi connectivity index (χ0n) is 13.9. The summed E-state index contributed by atoms with van der Waals surface area (Å²) in [4.78, 5) is 29.9. The lowest BCUT2D eigenvalue weighted by molar-refractivity contribution is -0.139. The first kappa shape index (κ1) is 26.4. The van der Waals surface area contributed by atoms with Gasteiger partial charge in [-0.15, -0.1) is 0 Å². The largest absolute Gasteiger partial charge is 0.480 e. The van der Waals surface area contributed by atoms with Gasteiger partial charge in [0.1, 0.15) is 18.1 Å². The highest BCUT2D eigenvalue weighted by atomic mass is 32.1. The highest BCUT2D eigenvalue weighted by molar-refractivity contribution is 7.80. The van der Waals surface area contributed by atoms with Gasteiger partial charge in [0.05, 0.1) is 0 Å². The summed E-state index contributed by atoms with van der Waals surface area (Å²) in [5.74, 6) is -2.59. The van der Waals surface area contributed by atoms with E-state index in [0.29, 0.717) is 6.42 Å². The number of aliphatic carboxylic acids is 3. The molecule has 0 bridgehead atoms. The number of thiol groups is 2. The van der Waals surface area contributed by atoms with Crippen molar-refractivity contribution in [1.29, 1.82) is 0 Å². The molecule has 0 fully saturated rings. The number of hydrogen-bond donors (Lipinski definition) is 8. The summed E-state index contributed by atoms with van der Waals surface area (Å²) in [6.45, 7) is 0. The van der Waals surface area contributed by atoms with Gasteiger partial charge in [-0.05, 0) is 12.0 Å². The predicted molar refractivity (Wildman–Crippen MR) is 105 cm³/mol. The van der Waals surface area contributed by atoms with E-state index < -0.39 is 36.0 Å². The van der Waals surface area contributed by atoms with Crippen molar-refractivity contribution in [2.45, 2.75) is 24.5 Å². The highest BCUT2D eigenvalue weighted by Gasteiger charge is 2.11. The number of carboxylic acid groups (broad SMARTS) is 3. The maximum Gasteiger partial charge on any atom is 0.321 e. The fraction of sp³-hybridized carbons (Fsp3) is 0.400. The molecule has 0 aliphatic rings. The van der Waals surface area contributed by atoms with Crippen LogP contribution in [0.3, 0.4) is 0 Å². The Bertz CT molecular complexity index is 527. The van der Waals surface area contributed by atoms with Crippen molar-refractivity contribution in [3.8, 4) is 0 Å². The van der Waals surface area contributed by atoms with Crippen LogP contribution >= 0.6 is 25.3 Å². The van der Waals surface area contributed by atoms with E-state index in [0.717, 1.165) is 5.56 Å². The van der Waals surface area contributed by atoms with E-state index >= 15 is 0 Å². The van der Waals surface area contributed by atoms with Crippen molar-refractivity contribution in [2.75, 3.05) is 11.5 Å². The van der Waals surface area contributed by atoms with Gasteiger partial charge in [0.2, 0.25) is 0 Å².